The van der Waals surface area contributed by atoms with E-state index in [1.54, 1.807) is 0 Å². The van der Waals surface area contributed by atoms with Gasteiger partial charge < -0.3 is 0 Å². The smallest absolute Gasteiger partial charge is 0.299 e. The molecule has 0 fully saturated rings. The Morgan fingerprint density at radius 2 is 2.25 bits per heavy atom. The van der Waals surface area contributed by atoms with Gasteiger partial charge >= 0.3 is 18.2 Å². The summed E-state index contributed by atoms with van der Waals surface area (Å²) in [4.78, 5) is 2.06. The van der Waals surface area contributed by atoms with Gasteiger partial charge in [0.1, 0.15) is 0 Å². The molecule has 0 radical (unpaired) electrons. The molecule has 0 aromatic rings. The third-order valence-electron chi connectivity index (χ3n) is 0.587. The SMILES string of the molecule is CN(C)CC#[C][Mg][Br]. The summed E-state index contributed by atoms with van der Waals surface area (Å²) in [5.74, 6) is 3.03. The minimum absolute atomic E-state index is 0.204. The minimum atomic E-state index is -0.204. The van der Waals surface area contributed by atoms with E-state index < -0.39 is 0 Å². The summed E-state index contributed by atoms with van der Waals surface area (Å²) < 4.78 is 3.04. The second-order valence-corrected chi connectivity index (χ2v) is 4.03. The summed E-state index contributed by atoms with van der Waals surface area (Å²) in [5, 5.41) is 0. The second kappa shape index (κ2) is 5.89. The van der Waals surface area contributed by atoms with E-state index in [0.717, 1.165) is 6.54 Å². The maximum Gasteiger partial charge on any atom is 0.569 e. The van der Waals surface area contributed by atoms with E-state index in [0.29, 0.717) is 0 Å². The zero-order chi connectivity index (χ0) is 6.41. The molecule has 0 spiro atoms. The van der Waals surface area contributed by atoms with E-state index in [1.807, 2.05) is 14.1 Å². The highest BCUT2D eigenvalue weighted by molar-refractivity contribution is 9.23. The fourth-order valence-corrected chi connectivity index (χ4v) is 1.06. The number of halogens is 1. The zero-order valence-electron chi connectivity index (χ0n) is 5.24. The van der Waals surface area contributed by atoms with Gasteiger partial charge in [0.2, 0.25) is 0 Å². The third kappa shape index (κ3) is 6.77. The molecule has 0 saturated heterocycles. The van der Waals surface area contributed by atoms with E-state index in [2.05, 4.69) is 27.8 Å². The van der Waals surface area contributed by atoms with Gasteiger partial charge in [-0.25, -0.2) is 0 Å². The Morgan fingerprint density at radius 1 is 1.62 bits per heavy atom. The van der Waals surface area contributed by atoms with Crippen LogP contribution in [-0.2, 0) is 0 Å². The van der Waals surface area contributed by atoms with E-state index >= 15 is 0 Å². The molecule has 0 atom stereocenters. The highest BCUT2D eigenvalue weighted by atomic mass is 79.9. The first-order valence-corrected chi connectivity index (χ1v) is 7.04. The Balaban J connectivity index is 3.15. The van der Waals surface area contributed by atoms with Crippen molar-refractivity contribution in [1.29, 1.82) is 0 Å². The first-order valence-electron chi connectivity index (χ1n) is 2.44. The van der Waals surface area contributed by atoms with Crippen LogP contribution >= 0.6 is 12.9 Å². The van der Waals surface area contributed by atoms with Crippen molar-refractivity contribution in [2.24, 2.45) is 0 Å². The summed E-state index contributed by atoms with van der Waals surface area (Å²) in [5.41, 5.74) is 0. The summed E-state index contributed by atoms with van der Waals surface area (Å²) >= 11 is 3.14. The van der Waals surface area contributed by atoms with Gasteiger partial charge in [0, 0.05) is 0 Å². The average molecular weight is 186 g/mol. The first-order chi connectivity index (χ1) is 3.77. The molecule has 0 aromatic carbocycles. The predicted molar refractivity (Wildman–Crippen MR) is 41.0 cm³/mol. The van der Waals surface area contributed by atoms with Crippen LogP contribution in [0.5, 0.6) is 0 Å². The van der Waals surface area contributed by atoms with Crippen molar-refractivity contribution in [3.05, 3.63) is 0 Å². The van der Waals surface area contributed by atoms with Crippen LogP contribution in [0.2, 0.25) is 0 Å². The molecule has 0 amide bonds. The second-order valence-electron chi connectivity index (χ2n) is 1.72. The van der Waals surface area contributed by atoms with Crippen LogP contribution in [0.3, 0.4) is 0 Å². The van der Waals surface area contributed by atoms with Crippen LogP contribution in [-0.4, -0.2) is 43.7 Å². The van der Waals surface area contributed by atoms with Gasteiger partial charge in [0.25, 0.3) is 0 Å². The van der Waals surface area contributed by atoms with Gasteiger partial charge in [-0.15, -0.1) is 5.92 Å². The minimum Gasteiger partial charge on any atom is -0.299 e. The molecule has 0 unspecified atom stereocenters. The lowest BCUT2D eigenvalue weighted by Crippen LogP contribution is -2.10. The molecule has 0 saturated carbocycles. The molecule has 0 aliphatic rings. The highest BCUT2D eigenvalue weighted by Gasteiger charge is 1.79. The molecular formula is C5H8BrMgN. The van der Waals surface area contributed by atoms with Crippen LogP contribution in [0, 0.1) is 9.97 Å². The molecule has 8 heavy (non-hydrogen) atoms. The lowest BCUT2D eigenvalue weighted by atomic mass is 10.6. The molecule has 0 rings (SSSR count). The summed E-state index contributed by atoms with van der Waals surface area (Å²) in [7, 11) is 4.04. The van der Waals surface area contributed by atoms with Crippen LogP contribution in [0.25, 0.3) is 0 Å². The Labute approximate surface area is 66.4 Å². The zero-order valence-corrected chi connectivity index (χ0v) is 8.24. The Hall–Kier alpha value is 0.766. The van der Waals surface area contributed by atoms with Crippen molar-refractivity contribution in [3.8, 4) is 9.97 Å². The summed E-state index contributed by atoms with van der Waals surface area (Å²) in [6.07, 6.45) is 0. The normalized spacial score (nSPS) is 7.50. The monoisotopic (exact) mass is 185 g/mol. The number of hydrogen-bond donors (Lipinski definition) is 0. The number of nitrogens with zero attached hydrogens (tertiary/aromatic N) is 1. The highest BCUT2D eigenvalue weighted by Crippen LogP contribution is 1.71. The lowest BCUT2D eigenvalue weighted by molar-refractivity contribution is 0.464. The van der Waals surface area contributed by atoms with Crippen molar-refractivity contribution in [1.82, 2.24) is 4.90 Å². The van der Waals surface area contributed by atoms with Gasteiger partial charge in [-0.05, 0) is 14.1 Å². The molecule has 0 bridgehead atoms. The van der Waals surface area contributed by atoms with Gasteiger partial charge in [0.15, 0.2) is 0 Å². The Morgan fingerprint density at radius 3 is 2.62 bits per heavy atom. The largest absolute Gasteiger partial charge is 0.569 e. The molecule has 42 valence electrons. The Kier molecular flexibility index (Phi) is 6.46. The number of rotatable bonds is 1. The Bertz CT molecular complexity index is 103. The summed E-state index contributed by atoms with van der Waals surface area (Å²) in [6.45, 7) is 0.888. The molecule has 0 aliphatic heterocycles. The summed E-state index contributed by atoms with van der Waals surface area (Å²) in [6, 6.07) is 0. The molecule has 0 aromatic heterocycles. The van der Waals surface area contributed by atoms with E-state index in [9.17, 15) is 0 Å². The van der Waals surface area contributed by atoms with E-state index in [1.165, 1.54) is 0 Å². The van der Waals surface area contributed by atoms with Crippen LogP contribution in [0.4, 0.5) is 0 Å². The van der Waals surface area contributed by atoms with E-state index in [4.69, 9.17) is 0 Å². The first kappa shape index (κ1) is 8.77. The van der Waals surface area contributed by atoms with Crippen LogP contribution < -0.4 is 0 Å². The quantitative estimate of drug-likeness (QED) is 0.426. The van der Waals surface area contributed by atoms with Crippen LogP contribution in [0.1, 0.15) is 0 Å². The molecule has 3 heteroatoms. The molecular weight excluding hydrogens is 178 g/mol. The van der Waals surface area contributed by atoms with Gasteiger partial charge in [-0.2, -0.15) is 0 Å². The maximum atomic E-state index is 3.35. The predicted octanol–water partition coefficient (Wildman–Crippen LogP) is 0.523. The third-order valence-corrected chi connectivity index (χ3v) is 1.81. The molecule has 0 heterocycles. The van der Waals surface area contributed by atoms with Crippen molar-refractivity contribution in [2.45, 2.75) is 0 Å². The molecule has 1 nitrogen and oxygen atoms in total. The van der Waals surface area contributed by atoms with Gasteiger partial charge in [-0.1, -0.05) is 0 Å². The van der Waals surface area contributed by atoms with Crippen LogP contribution in [0.15, 0.2) is 0 Å². The average Bonchev–Trinajstić information content (AvgIpc) is 1.66. The lowest BCUT2D eigenvalue weighted by Gasteiger charge is -2.00. The van der Waals surface area contributed by atoms with Crippen molar-refractivity contribution >= 4 is 31.1 Å². The number of hydrogen-bond acceptors (Lipinski definition) is 1. The van der Waals surface area contributed by atoms with E-state index in [-0.39, 0.29) is 18.2 Å². The topological polar surface area (TPSA) is 3.24 Å². The van der Waals surface area contributed by atoms with Gasteiger partial charge in [-0.3, -0.25) is 21.8 Å². The van der Waals surface area contributed by atoms with Crippen molar-refractivity contribution < 1.29 is 0 Å². The molecule has 0 N–H and O–H groups in total. The standard InChI is InChI=1S/C5H8N.BrH.Mg/c1-4-5-6(2)3;;/h5H2,2-3H3;1H;/q;;+1/p-1. The molecule has 0 aliphatic carbocycles. The maximum absolute atomic E-state index is 3.35. The van der Waals surface area contributed by atoms with Crippen molar-refractivity contribution in [3.63, 3.8) is 0 Å². The van der Waals surface area contributed by atoms with Gasteiger partial charge in [0.05, 0.1) is 6.54 Å². The fraction of sp³-hybridized carbons (Fsp3) is 0.600. The van der Waals surface area contributed by atoms with Crippen molar-refractivity contribution in [2.75, 3.05) is 20.6 Å². The fourth-order valence-electron chi connectivity index (χ4n) is 0.261.